The number of H-pyrrole nitrogens is 1. The van der Waals surface area contributed by atoms with Gasteiger partial charge in [0, 0.05) is 55.9 Å². The smallest absolute Gasteiger partial charge is 0.0593 e. The van der Waals surface area contributed by atoms with E-state index < -0.39 is 0 Å². The highest BCUT2D eigenvalue weighted by molar-refractivity contribution is 5.79. The third kappa shape index (κ3) is 3.63. The number of hydrogen-bond acceptors (Lipinski definition) is 4. The van der Waals surface area contributed by atoms with Crippen LogP contribution >= 0.6 is 0 Å². The standard InChI is InChI=1S/C19H22N4O/c1-2-17-3-4-22-19(17)10-15(1)12-23-7-8-24-14-16(13-23)9-18-11-20-5-6-21-18/h1-6,10-11,16,22H,7-9,12-14H2/t16-/m0/s1. The van der Waals surface area contributed by atoms with Gasteiger partial charge in [-0.3, -0.25) is 14.9 Å². The van der Waals surface area contributed by atoms with Gasteiger partial charge in [-0.2, -0.15) is 0 Å². The van der Waals surface area contributed by atoms with Crippen LogP contribution in [0.4, 0.5) is 0 Å². The number of aromatic amines is 1. The quantitative estimate of drug-likeness (QED) is 0.802. The molecule has 5 nitrogen and oxygen atoms in total. The van der Waals surface area contributed by atoms with Crippen LogP contribution in [0.5, 0.6) is 0 Å². The molecule has 4 rings (SSSR count). The van der Waals surface area contributed by atoms with Gasteiger partial charge in [-0.15, -0.1) is 0 Å². The first-order chi connectivity index (χ1) is 11.9. The summed E-state index contributed by atoms with van der Waals surface area (Å²) in [6.45, 7) is 4.54. The van der Waals surface area contributed by atoms with Crippen molar-refractivity contribution in [3.8, 4) is 0 Å². The van der Waals surface area contributed by atoms with Crippen molar-refractivity contribution in [3.63, 3.8) is 0 Å². The molecule has 1 atom stereocenters. The van der Waals surface area contributed by atoms with E-state index in [2.05, 4.69) is 44.1 Å². The Kier molecular flexibility index (Phi) is 4.53. The normalized spacial score (nSPS) is 19.4. The SMILES string of the molecule is c1cnc(C[C@@H]2COCCN(Cc3ccc4cc[nH]c4c3)C2)cn1. The van der Waals surface area contributed by atoms with Crippen LogP contribution in [0, 0.1) is 5.92 Å². The van der Waals surface area contributed by atoms with Crippen molar-refractivity contribution in [2.24, 2.45) is 5.92 Å². The lowest BCUT2D eigenvalue weighted by atomic mass is 10.0. The number of nitrogens with zero attached hydrogens (tertiary/aromatic N) is 3. The van der Waals surface area contributed by atoms with Gasteiger partial charge < -0.3 is 9.72 Å². The van der Waals surface area contributed by atoms with E-state index in [9.17, 15) is 0 Å². The number of benzene rings is 1. The molecule has 1 saturated heterocycles. The van der Waals surface area contributed by atoms with E-state index >= 15 is 0 Å². The molecule has 0 saturated carbocycles. The summed E-state index contributed by atoms with van der Waals surface area (Å²) in [6.07, 6.45) is 8.24. The Labute approximate surface area is 141 Å². The Morgan fingerprint density at radius 1 is 1.25 bits per heavy atom. The third-order valence-corrected chi connectivity index (χ3v) is 4.56. The molecular formula is C19H22N4O. The fraction of sp³-hybridized carbons (Fsp3) is 0.368. The van der Waals surface area contributed by atoms with Crippen LogP contribution in [0.15, 0.2) is 49.1 Å². The minimum Gasteiger partial charge on any atom is -0.380 e. The Balaban J connectivity index is 1.43. The molecule has 1 fully saturated rings. The van der Waals surface area contributed by atoms with Gasteiger partial charge in [0.1, 0.15) is 0 Å². The average Bonchev–Trinajstić information content (AvgIpc) is 2.96. The summed E-state index contributed by atoms with van der Waals surface area (Å²) in [4.78, 5) is 14.3. The van der Waals surface area contributed by atoms with Crippen LogP contribution in [0.2, 0.25) is 0 Å². The van der Waals surface area contributed by atoms with Crippen LogP contribution in [0.1, 0.15) is 11.3 Å². The van der Waals surface area contributed by atoms with E-state index in [-0.39, 0.29) is 0 Å². The van der Waals surface area contributed by atoms with Crippen molar-refractivity contribution in [2.75, 3.05) is 26.3 Å². The van der Waals surface area contributed by atoms with Gasteiger partial charge in [0.25, 0.3) is 0 Å². The van der Waals surface area contributed by atoms with Gasteiger partial charge in [-0.05, 0) is 29.5 Å². The maximum absolute atomic E-state index is 5.81. The van der Waals surface area contributed by atoms with Crippen molar-refractivity contribution in [1.29, 1.82) is 0 Å². The molecule has 1 aliphatic rings. The number of nitrogens with one attached hydrogen (secondary N) is 1. The van der Waals surface area contributed by atoms with E-state index in [1.165, 1.54) is 16.5 Å². The molecule has 0 amide bonds. The Morgan fingerprint density at radius 3 is 3.17 bits per heavy atom. The second kappa shape index (κ2) is 7.11. The molecule has 0 radical (unpaired) electrons. The summed E-state index contributed by atoms with van der Waals surface area (Å²) in [5.41, 5.74) is 3.58. The van der Waals surface area contributed by atoms with E-state index in [4.69, 9.17) is 4.74 Å². The second-order valence-electron chi connectivity index (χ2n) is 6.48. The molecule has 3 heterocycles. The zero-order valence-electron chi connectivity index (χ0n) is 13.7. The molecule has 0 bridgehead atoms. The molecule has 0 unspecified atom stereocenters. The third-order valence-electron chi connectivity index (χ3n) is 4.56. The zero-order chi connectivity index (χ0) is 16.2. The minimum atomic E-state index is 0.457. The number of hydrogen-bond donors (Lipinski definition) is 1. The highest BCUT2D eigenvalue weighted by atomic mass is 16.5. The molecule has 2 aromatic heterocycles. The Bertz CT molecular complexity index is 786. The van der Waals surface area contributed by atoms with Crippen molar-refractivity contribution in [2.45, 2.75) is 13.0 Å². The van der Waals surface area contributed by atoms with Crippen molar-refractivity contribution in [1.82, 2.24) is 19.9 Å². The molecule has 1 aromatic carbocycles. The number of rotatable bonds is 4. The molecule has 5 heteroatoms. The van der Waals surface area contributed by atoms with Gasteiger partial charge in [-0.25, -0.2) is 0 Å². The molecule has 1 N–H and O–H groups in total. The highest BCUT2D eigenvalue weighted by Gasteiger charge is 2.20. The first-order valence-corrected chi connectivity index (χ1v) is 8.48. The maximum Gasteiger partial charge on any atom is 0.0593 e. The largest absolute Gasteiger partial charge is 0.380 e. The van der Waals surface area contributed by atoms with Gasteiger partial charge in [0.05, 0.1) is 18.9 Å². The van der Waals surface area contributed by atoms with E-state index in [0.29, 0.717) is 5.92 Å². The fourth-order valence-corrected chi connectivity index (χ4v) is 3.40. The summed E-state index contributed by atoms with van der Waals surface area (Å²) in [5.74, 6) is 0.457. The number of ether oxygens (including phenoxy) is 1. The predicted octanol–water partition coefficient (Wildman–Crippen LogP) is 2.65. The Morgan fingerprint density at radius 2 is 2.25 bits per heavy atom. The zero-order valence-corrected chi connectivity index (χ0v) is 13.7. The molecule has 0 spiro atoms. The van der Waals surface area contributed by atoms with Gasteiger partial charge >= 0.3 is 0 Å². The van der Waals surface area contributed by atoms with Gasteiger partial charge in [-0.1, -0.05) is 12.1 Å². The molecule has 3 aromatic rings. The lowest BCUT2D eigenvalue weighted by molar-refractivity contribution is 0.121. The topological polar surface area (TPSA) is 54.0 Å². The summed E-state index contributed by atoms with van der Waals surface area (Å²) in [5, 5.41) is 1.26. The van der Waals surface area contributed by atoms with E-state index in [1.54, 1.807) is 12.4 Å². The van der Waals surface area contributed by atoms with Crippen molar-refractivity contribution >= 4 is 10.9 Å². The van der Waals surface area contributed by atoms with Crippen LogP contribution in [-0.4, -0.2) is 46.2 Å². The van der Waals surface area contributed by atoms with Crippen LogP contribution in [-0.2, 0) is 17.7 Å². The maximum atomic E-state index is 5.81. The summed E-state index contributed by atoms with van der Waals surface area (Å²) < 4.78 is 5.81. The number of aromatic nitrogens is 3. The van der Waals surface area contributed by atoms with Gasteiger partial charge in [0.15, 0.2) is 0 Å². The van der Waals surface area contributed by atoms with Crippen molar-refractivity contribution < 1.29 is 4.74 Å². The summed E-state index contributed by atoms with van der Waals surface area (Å²) >= 11 is 0. The second-order valence-corrected chi connectivity index (χ2v) is 6.48. The van der Waals surface area contributed by atoms with Crippen LogP contribution in [0.25, 0.3) is 10.9 Å². The molecule has 1 aliphatic heterocycles. The first kappa shape index (κ1) is 15.3. The average molecular weight is 322 g/mol. The minimum absolute atomic E-state index is 0.457. The summed E-state index contributed by atoms with van der Waals surface area (Å²) in [7, 11) is 0. The van der Waals surface area contributed by atoms with Gasteiger partial charge in [0.2, 0.25) is 0 Å². The lowest BCUT2D eigenvalue weighted by Crippen LogP contribution is -2.30. The first-order valence-electron chi connectivity index (χ1n) is 8.48. The predicted molar refractivity (Wildman–Crippen MR) is 93.6 cm³/mol. The fourth-order valence-electron chi connectivity index (χ4n) is 3.40. The van der Waals surface area contributed by atoms with Crippen LogP contribution < -0.4 is 0 Å². The van der Waals surface area contributed by atoms with E-state index in [1.807, 2.05) is 12.4 Å². The monoisotopic (exact) mass is 322 g/mol. The molecule has 124 valence electrons. The molecule has 0 aliphatic carbocycles. The lowest BCUT2D eigenvalue weighted by Gasteiger charge is -2.23. The van der Waals surface area contributed by atoms with Crippen LogP contribution in [0.3, 0.4) is 0 Å². The highest BCUT2D eigenvalue weighted by Crippen LogP contribution is 2.18. The van der Waals surface area contributed by atoms with E-state index in [0.717, 1.165) is 45.0 Å². The number of fused-ring (bicyclic) bond motifs is 1. The Hall–Kier alpha value is -2.24. The summed E-state index contributed by atoms with van der Waals surface area (Å²) in [6, 6.07) is 8.76. The molecular weight excluding hydrogens is 300 g/mol. The van der Waals surface area contributed by atoms with Crippen molar-refractivity contribution in [3.05, 3.63) is 60.3 Å². The molecule has 24 heavy (non-hydrogen) atoms.